The Bertz CT molecular complexity index is 572. The first-order chi connectivity index (χ1) is 9.91. The van der Waals surface area contributed by atoms with Crippen molar-refractivity contribution in [1.82, 2.24) is 9.59 Å². The van der Waals surface area contributed by atoms with Crippen molar-refractivity contribution in [3.63, 3.8) is 0 Å². The summed E-state index contributed by atoms with van der Waals surface area (Å²) in [4.78, 5) is 1.11. The zero-order valence-electron chi connectivity index (χ0n) is 13.1. The maximum atomic E-state index is 6.35. The van der Waals surface area contributed by atoms with Gasteiger partial charge < -0.3 is 10.5 Å². The molecule has 2 N–H and O–H groups in total. The quantitative estimate of drug-likeness (QED) is 0.918. The zero-order valence-corrected chi connectivity index (χ0v) is 13.9. The fourth-order valence-corrected chi connectivity index (χ4v) is 3.10. The molecule has 1 aromatic carbocycles. The van der Waals surface area contributed by atoms with Gasteiger partial charge in [0.1, 0.15) is 5.75 Å². The minimum Gasteiger partial charge on any atom is -0.497 e. The standard InChI is InChI=1S/C16H23N3OS/c1-16(2,3)15-14(21-19-18-15)13(17)10-7-11-5-8-12(20-4)9-6-11/h5-6,8-9,13H,7,10,17H2,1-4H3. The lowest BCUT2D eigenvalue weighted by molar-refractivity contribution is 0.414. The van der Waals surface area contributed by atoms with Gasteiger partial charge in [0.15, 0.2) is 0 Å². The van der Waals surface area contributed by atoms with Crippen molar-refractivity contribution in [3.8, 4) is 5.75 Å². The van der Waals surface area contributed by atoms with Crippen LogP contribution in [0.1, 0.15) is 49.4 Å². The smallest absolute Gasteiger partial charge is 0.118 e. The maximum Gasteiger partial charge on any atom is 0.118 e. The molecule has 4 nitrogen and oxygen atoms in total. The van der Waals surface area contributed by atoms with Crippen LogP contribution < -0.4 is 10.5 Å². The number of ether oxygens (including phenoxy) is 1. The highest BCUT2D eigenvalue weighted by Gasteiger charge is 2.25. The number of aromatic nitrogens is 2. The van der Waals surface area contributed by atoms with Crippen LogP contribution in [0, 0.1) is 0 Å². The molecule has 0 amide bonds. The average molecular weight is 305 g/mol. The first-order valence-corrected chi connectivity index (χ1v) is 7.90. The second-order valence-corrected chi connectivity index (χ2v) is 7.01. The van der Waals surface area contributed by atoms with E-state index in [1.54, 1.807) is 7.11 Å². The second kappa shape index (κ2) is 6.54. The summed E-state index contributed by atoms with van der Waals surface area (Å²) in [7, 11) is 1.68. The highest BCUT2D eigenvalue weighted by atomic mass is 32.1. The predicted octanol–water partition coefficient (Wildman–Crippen LogP) is 3.48. The van der Waals surface area contributed by atoms with Crippen LogP contribution in [0.25, 0.3) is 0 Å². The third-order valence-corrected chi connectivity index (χ3v) is 4.32. The van der Waals surface area contributed by atoms with Crippen LogP contribution in [0.3, 0.4) is 0 Å². The third-order valence-electron chi connectivity index (χ3n) is 3.46. The van der Waals surface area contributed by atoms with Crippen LogP contribution in [0.15, 0.2) is 24.3 Å². The van der Waals surface area contributed by atoms with Crippen molar-refractivity contribution in [2.75, 3.05) is 7.11 Å². The van der Waals surface area contributed by atoms with E-state index in [1.807, 2.05) is 12.1 Å². The normalized spacial score (nSPS) is 13.2. The number of aryl methyl sites for hydroxylation is 1. The maximum absolute atomic E-state index is 6.35. The Kier molecular flexibility index (Phi) is 4.96. The van der Waals surface area contributed by atoms with Gasteiger partial charge in [0, 0.05) is 11.5 Å². The molecule has 21 heavy (non-hydrogen) atoms. The van der Waals surface area contributed by atoms with Crippen molar-refractivity contribution in [2.24, 2.45) is 5.73 Å². The van der Waals surface area contributed by atoms with E-state index in [-0.39, 0.29) is 11.5 Å². The minimum absolute atomic E-state index is 0.0127. The fraction of sp³-hybridized carbons (Fsp3) is 0.500. The molecule has 0 radical (unpaired) electrons. The summed E-state index contributed by atoms with van der Waals surface area (Å²) < 4.78 is 9.25. The monoisotopic (exact) mass is 305 g/mol. The predicted molar refractivity (Wildman–Crippen MR) is 86.9 cm³/mol. The molecule has 0 saturated heterocycles. The Morgan fingerprint density at radius 3 is 2.48 bits per heavy atom. The Labute approximate surface area is 130 Å². The van der Waals surface area contributed by atoms with Crippen LogP contribution in [-0.2, 0) is 11.8 Å². The molecular weight excluding hydrogens is 282 g/mol. The van der Waals surface area contributed by atoms with Crippen molar-refractivity contribution >= 4 is 11.5 Å². The van der Waals surface area contributed by atoms with Gasteiger partial charge in [-0.2, -0.15) is 0 Å². The number of methoxy groups -OCH3 is 1. The topological polar surface area (TPSA) is 61.0 Å². The molecule has 0 saturated carbocycles. The molecule has 0 aliphatic rings. The summed E-state index contributed by atoms with van der Waals surface area (Å²) >= 11 is 1.42. The van der Waals surface area contributed by atoms with E-state index in [0.29, 0.717) is 0 Å². The van der Waals surface area contributed by atoms with E-state index in [1.165, 1.54) is 17.1 Å². The van der Waals surface area contributed by atoms with E-state index >= 15 is 0 Å². The van der Waals surface area contributed by atoms with Gasteiger partial charge in [0.25, 0.3) is 0 Å². The van der Waals surface area contributed by atoms with E-state index in [2.05, 4.69) is 42.5 Å². The minimum atomic E-state index is -0.0138. The van der Waals surface area contributed by atoms with Gasteiger partial charge in [-0.15, -0.1) is 5.10 Å². The number of hydrogen-bond donors (Lipinski definition) is 1. The SMILES string of the molecule is COc1ccc(CCC(N)c2snnc2C(C)(C)C)cc1. The second-order valence-electron chi connectivity index (χ2n) is 6.23. The van der Waals surface area contributed by atoms with Gasteiger partial charge in [-0.3, -0.25) is 0 Å². The zero-order chi connectivity index (χ0) is 15.5. The molecule has 1 aromatic heterocycles. The Balaban J connectivity index is 2.01. The van der Waals surface area contributed by atoms with Crippen LogP contribution in [0.4, 0.5) is 0 Å². The molecule has 1 unspecified atom stereocenters. The molecule has 0 spiro atoms. The molecule has 0 bridgehead atoms. The lowest BCUT2D eigenvalue weighted by Crippen LogP contribution is -2.19. The molecule has 0 fully saturated rings. The van der Waals surface area contributed by atoms with Crippen LogP contribution in [-0.4, -0.2) is 16.7 Å². The van der Waals surface area contributed by atoms with Gasteiger partial charge in [-0.25, -0.2) is 0 Å². The Morgan fingerprint density at radius 1 is 1.24 bits per heavy atom. The molecule has 5 heteroatoms. The van der Waals surface area contributed by atoms with Crippen molar-refractivity contribution in [1.29, 1.82) is 0 Å². The summed E-state index contributed by atoms with van der Waals surface area (Å²) in [5, 5.41) is 4.26. The number of rotatable bonds is 5. The average Bonchev–Trinajstić information content (AvgIpc) is 2.95. The van der Waals surface area contributed by atoms with Gasteiger partial charge in [-0.05, 0) is 42.1 Å². The summed E-state index contributed by atoms with van der Waals surface area (Å²) in [5.74, 6) is 0.879. The Hall–Kier alpha value is -1.46. The van der Waals surface area contributed by atoms with Crippen molar-refractivity contribution in [2.45, 2.75) is 45.1 Å². The summed E-state index contributed by atoms with van der Waals surface area (Å²) in [5.41, 5.74) is 8.62. The molecule has 1 heterocycles. The largest absolute Gasteiger partial charge is 0.497 e. The van der Waals surface area contributed by atoms with Crippen molar-refractivity contribution < 1.29 is 4.74 Å². The van der Waals surface area contributed by atoms with Gasteiger partial charge in [0.2, 0.25) is 0 Å². The highest BCUT2D eigenvalue weighted by Crippen LogP contribution is 2.31. The highest BCUT2D eigenvalue weighted by molar-refractivity contribution is 7.05. The molecule has 2 rings (SSSR count). The molecule has 1 atom stereocenters. The van der Waals surface area contributed by atoms with Crippen LogP contribution in [0.2, 0.25) is 0 Å². The van der Waals surface area contributed by atoms with Gasteiger partial charge in [0.05, 0.1) is 17.7 Å². The molecule has 114 valence electrons. The van der Waals surface area contributed by atoms with Gasteiger partial charge >= 0.3 is 0 Å². The lowest BCUT2D eigenvalue weighted by atomic mass is 9.89. The summed E-state index contributed by atoms with van der Waals surface area (Å²) in [6.07, 6.45) is 1.83. The molecule has 2 aromatic rings. The van der Waals surface area contributed by atoms with E-state index in [4.69, 9.17) is 10.5 Å². The Morgan fingerprint density at radius 2 is 1.90 bits per heavy atom. The van der Waals surface area contributed by atoms with E-state index in [9.17, 15) is 0 Å². The van der Waals surface area contributed by atoms with E-state index < -0.39 is 0 Å². The third kappa shape index (κ3) is 4.02. The number of benzene rings is 1. The molecule has 0 aliphatic carbocycles. The van der Waals surface area contributed by atoms with Crippen LogP contribution >= 0.6 is 11.5 Å². The number of nitrogens with zero attached hydrogens (tertiary/aromatic N) is 2. The fourth-order valence-electron chi connectivity index (χ4n) is 2.21. The van der Waals surface area contributed by atoms with Gasteiger partial charge in [-0.1, -0.05) is 37.4 Å². The van der Waals surface area contributed by atoms with Crippen LogP contribution in [0.5, 0.6) is 5.75 Å². The lowest BCUT2D eigenvalue weighted by Gasteiger charge is -2.19. The van der Waals surface area contributed by atoms with Crippen molar-refractivity contribution in [3.05, 3.63) is 40.4 Å². The number of nitrogens with two attached hydrogens (primary N) is 1. The first kappa shape index (κ1) is 15.9. The first-order valence-electron chi connectivity index (χ1n) is 7.13. The number of hydrogen-bond acceptors (Lipinski definition) is 5. The summed E-state index contributed by atoms with van der Waals surface area (Å²) in [6, 6.07) is 8.12. The molecule has 0 aliphatic heterocycles. The molecular formula is C16H23N3OS. The summed E-state index contributed by atoms with van der Waals surface area (Å²) in [6.45, 7) is 6.43. The van der Waals surface area contributed by atoms with E-state index in [0.717, 1.165) is 29.2 Å².